The number of nitrogens with one attached hydrogen (secondary N) is 1. The first kappa shape index (κ1) is 17.3. The molecule has 0 spiro atoms. The fraction of sp³-hybridized carbons (Fsp3) is 0.188. The normalized spacial score (nSPS) is 12.0. The van der Waals surface area contributed by atoms with E-state index in [4.69, 9.17) is 0 Å². The molecule has 0 saturated carbocycles. The summed E-state index contributed by atoms with van der Waals surface area (Å²) in [6, 6.07) is 6.86. The molecule has 2 nitrogen and oxygen atoms in total. The highest BCUT2D eigenvalue weighted by atomic mass is 32.2. The first-order chi connectivity index (χ1) is 10.9. The largest absolute Gasteiger partial charge is 0.325 e. The summed E-state index contributed by atoms with van der Waals surface area (Å²) in [6.07, 6.45) is 0. The van der Waals surface area contributed by atoms with Gasteiger partial charge in [0.05, 0.1) is 5.25 Å². The molecule has 0 saturated heterocycles. The van der Waals surface area contributed by atoms with Gasteiger partial charge in [0.25, 0.3) is 0 Å². The number of hydrogen-bond acceptors (Lipinski definition) is 2. The van der Waals surface area contributed by atoms with E-state index in [2.05, 4.69) is 5.32 Å². The van der Waals surface area contributed by atoms with Gasteiger partial charge in [-0.15, -0.1) is 11.8 Å². The lowest BCUT2D eigenvalue weighted by Crippen LogP contribution is -2.22. The van der Waals surface area contributed by atoms with Crippen LogP contribution in [0.1, 0.15) is 12.5 Å². The number of hydrogen-bond donors (Lipinski definition) is 1. The summed E-state index contributed by atoms with van der Waals surface area (Å²) in [7, 11) is 0. The molecule has 1 N–H and O–H groups in total. The van der Waals surface area contributed by atoms with E-state index in [-0.39, 0.29) is 17.0 Å². The van der Waals surface area contributed by atoms with Gasteiger partial charge in [-0.25, -0.2) is 17.6 Å². The average molecular weight is 343 g/mol. The Morgan fingerprint density at radius 1 is 1.09 bits per heavy atom. The van der Waals surface area contributed by atoms with Crippen LogP contribution in [-0.4, -0.2) is 11.2 Å². The fourth-order valence-corrected chi connectivity index (χ4v) is 2.63. The Balaban J connectivity index is 1.94. The standard InChI is InChI=1S/C16H13F4NOS/c1-9(23-8-10-3-2-4-13(18)15(10)20)16(22)21-11-5-6-12(17)14(19)7-11/h2-7,9H,8H2,1H3,(H,21,22). The zero-order chi connectivity index (χ0) is 17.0. The van der Waals surface area contributed by atoms with Crippen molar-refractivity contribution in [1.82, 2.24) is 0 Å². The minimum atomic E-state index is -1.06. The van der Waals surface area contributed by atoms with E-state index in [1.807, 2.05) is 0 Å². The van der Waals surface area contributed by atoms with E-state index in [0.717, 1.165) is 30.0 Å². The van der Waals surface area contributed by atoms with Crippen LogP contribution in [0.4, 0.5) is 23.2 Å². The maximum atomic E-state index is 13.5. The minimum Gasteiger partial charge on any atom is -0.325 e. The van der Waals surface area contributed by atoms with E-state index >= 15 is 0 Å². The summed E-state index contributed by atoms with van der Waals surface area (Å²) in [5.74, 6) is -4.29. The number of benzene rings is 2. The van der Waals surface area contributed by atoms with Crippen molar-refractivity contribution in [2.24, 2.45) is 0 Å². The van der Waals surface area contributed by atoms with Crippen molar-refractivity contribution < 1.29 is 22.4 Å². The molecule has 0 radical (unpaired) electrons. The predicted octanol–water partition coefficient (Wildman–Crippen LogP) is 4.50. The van der Waals surface area contributed by atoms with Gasteiger partial charge in [-0.2, -0.15) is 0 Å². The smallest absolute Gasteiger partial charge is 0.237 e. The van der Waals surface area contributed by atoms with E-state index in [1.165, 1.54) is 18.2 Å². The number of halogens is 4. The van der Waals surface area contributed by atoms with Crippen LogP contribution in [0.25, 0.3) is 0 Å². The Labute approximate surface area is 134 Å². The molecule has 1 atom stereocenters. The number of thioether (sulfide) groups is 1. The highest BCUT2D eigenvalue weighted by molar-refractivity contribution is 7.99. The second kappa shape index (κ2) is 7.50. The predicted molar refractivity (Wildman–Crippen MR) is 82.1 cm³/mol. The topological polar surface area (TPSA) is 29.1 Å². The molecule has 2 aromatic rings. The average Bonchev–Trinajstić information content (AvgIpc) is 2.52. The van der Waals surface area contributed by atoms with Crippen LogP contribution in [0.2, 0.25) is 0 Å². The van der Waals surface area contributed by atoms with Gasteiger partial charge in [0.15, 0.2) is 23.3 Å². The third-order valence-corrected chi connectivity index (χ3v) is 4.27. The van der Waals surface area contributed by atoms with Crippen molar-refractivity contribution in [2.75, 3.05) is 5.32 Å². The first-order valence-electron chi connectivity index (χ1n) is 6.69. The lowest BCUT2D eigenvalue weighted by atomic mass is 10.2. The van der Waals surface area contributed by atoms with Crippen molar-refractivity contribution in [1.29, 1.82) is 0 Å². The molecular formula is C16H13F4NOS. The van der Waals surface area contributed by atoms with Crippen LogP contribution in [-0.2, 0) is 10.5 Å². The van der Waals surface area contributed by atoms with Crippen molar-refractivity contribution in [3.05, 3.63) is 65.2 Å². The quantitative estimate of drug-likeness (QED) is 0.810. The molecular weight excluding hydrogens is 330 g/mol. The molecule has 2 rings (SSSR count). The Bertz CT molecular complexity index is 723. The summed E-state index contributed by atoms with van der Waals surface area (Å²) in [5, 5.41) is 1.85. The second-order valence-corrected chi connectivity index (χ2v) is 6.11. The van der Waals surface area contributed by atoms with Gasteiger partial charge >= 0.3 is 0 Å². The Morgan fingerprint density at radius 2 is 1.83 bits per heavy atom. The lowest BCUT2D eigenvalue weighted by molar-refractivity contribution is -0.115. The zero-order valence-electron chi connectivity index (χ0n) is 12.1. The van der Waals surface area contributed by atoms with Gasteiger partial charge in [0.1, 0.15) is 0 Å². The van der Waals surface area contributed by atoms with Crippen molar-refractivity contribution in [2.45, 2.75) is 17.9 Å². The van der Waals surface area contributed by atoms with E-state index in [1.54, 1.807) is 6.92 Å². The molecule has 0 bridgehead atoms. The van der Waals surface area contributed by atoms with Gasteiger partial charge < -0.3 is 5.32 Å². The molecule has 1 unspecified atom stereocenters. The second-order valence-electron chi connectivity index (χ2n) is 4.78. The molecule has 0 heterocycles. The van der Waals surface area contributed by atoms with Crippen LogP contribution >= 0.6 is 11.8 Å². The van der Waals surface area contributed by atoms with E-state index in [9.17, 15) is 22.4 Å². The highest BCUT2D eigenvalue weighted by Gasteiger charge is 2.16. The Morgan fingerprint density at radius 3 is 2.52 bits per heavy atom. The SMILES string of the molecule is CC(SCc1cccc(F)c1F)C(=O)Nc1ccc(F)c(F)c1. The van der Waals surface area contributed by atoms with Gasteiger partial charge in [-0.05, 0) is 25.1 Å². The van der Waals surface area contributed by atoms with Crippen molar-refractivity contribution in [3.63, 3.8) is 0 Å². The van der Waals surface area contributed by atoms with Gasteiger partial charge in [0, 0.05) is 23.1 Å². The molecule has 2 aromatic carbocycles. The highest BCUT2D eigenvalue weighted by Crippen LogP contribution is 2.22. The van der Waals surface area contributed by atoms with Crippen LogP contribution in [0.3, 0.4) is 0 Å². The third kappa shape index (κ3) is 4.48. The van der Waals surface area contributed by atoms with Gasteiger partial charge in [-0.3, -0.25) is 4.79 Å². The molecule has 23 heavy (non-hydrogen) atoms. The molecule has 0 fully saturated rings. The molecule has 122 valence electrons. The molecule has 0 aromatic heterocycles. The van der Waals surface area contributed by atoms with Crippen LogP contribution in [0, 0.1) is 23.3 Å². The minimum absolute atomic E-state index is 0.107. The molecule has 0 aliphatic carbocycles. The fourth-order valence-electron chi connectivity index (χ4n) is 1.77. The lowest BCUT2D eigenvalue weighted by Gasteiger charge is -2.12. The molecule has 0 aliphatic rings. The summed E-state index contributed by atoms with van der Waals surface area (Å²) >= 11 is 1.10. The zero-order valence-corrected chi connectivity index (χ0v) is 12.9. The molecule has 7 heteroatoms. The van der Waals surface area contributed by atoms with Crippen molar-refractivity contribution >= 4 is 23.4 Å². The number of anilines is 1. The Hall–Kier alpha value is -2.02. The van der Waals surface area contributed by atoms with Crippen LogP contribution in [0.15, 0.2) is 36.4 Å². The number of amides is 1. The van der Waals surface area contributed by atoms with Gasteiger partial charge in [0.2, 0.25) is 5.91 Å². The number of rotatable bonds is 5. The summed E-state index contributed by atoms with van der Waals surface area (Å²) in [4.78, 5) is 12.0. The summed E-state index contributed by atoms with van der Waals surface area (Å²) < 4.78 is 52.5. The first-order valence-corrected chi connectivity index (χ1v) is 7.73. The summed E-state index contributed by atoms with van der Waals surface area (Å²) in [5.41, 5.74) is 0.278. The Kier molecular flexibility index (Phi) is 5.65. The molecule has 0 aliphatic heterocycles. The maximum Gasteiger partial charge on any atom is 0.237 e. The van der Waals surface area contributed by atoms with Crippen molar-refractivity contribution in [3.8, 4) is 0 Å². The van der Waals surface area contributed by atoms with Crippen LogP contribution in [0.5, 0.6) is 0 Å². The third-order valence-electron chi connectivity index (χ3n) is 3.08. The molecule has 1 amide bonds. The van der Waals surface area contributed by atoms with Crippen LogP contribution < -0.4 is 5.32 Å². The number of carbonyl (C=O) groups excluding carboxylic acids is 1. The number of carbonyl (C=O) groups is 1. The van der Waals surface area contributed by atoms with Gasteiger partial charge in [-0.1, -0.05) is 12.1 Å². The monoisotopic (exact) mass is 343 g/mol. The summed E-state index contributed by atoms with van der Waals surface area (Å²) in [6.45, 7) is 1.58. The maximum absolute atomic E-state index is 13.5. The van der Waals surface area contributed by atoms with E-state index < -0.39 is 34.4 Å². The van der Waals surface area contributed by atoms with E-state index in [0.29, 0.717) is 0 Å².